The molecule has 0 radical (unpaired) electrons. The number of esters is 1. The van der Waals surface area contributed by atoms with E-state index >= 15 is 0 Å². The SMILES string of the molecule is CCCCO[C@@H]1CN(c2nc(C)c(C(=O)OCC)s2)CC[C@@H]1NC(=O)c1nc(Cl)c(CC)[nH]1. The first-order valence-electron chi connectivity index (χ1n) is 11.4. The number of piperidine rings is 1. The van der Waals surface area contributed by atoms with E-state index in [9.17, 15) is 9.59 Å². The van der Waals surface area contributed by atoms with E-state index in [1.54, 1.807) is 6.92 Å². The summed E-state index contributed by atoms with van der Waals surface area (Å²) >= 11 is 7.43. The number of rotatable bonds is 10. The number of ether oxygens (including phenoxy) is 2. The van der Waals surface area contributed by atoms with Gasteiger partial charge in [0.25, 0.3) is 5.91 Å². The Kier molecular flexibility index (Phi) is 9.10. The maximum absolute atomic E-state index is 12.8. The number of hydrogen-bond acceptors (Lipinski definition) is 8. The van der Waals surface area contributed by atoms with Gasteiger partial charge in [-0.05, 0) is 33.1 Å². The number of aryl methyl sites for hydroxylation is 2. The van der Waals surface area contributed by atoms with Crippen LogP contribution >= 0.6 is 22.9 Å². The van der Waals surface area contributed by atoms with Crippen LogP contribution < -0.4 is 10.2 Å². The second kappa shape index (κ2) is 11.8. The van der Waals surface area contributed by atoms with E-state index in [1.807, 2.05) is 13.8 Å². The maximum atomic E-state index is 12.8. The Morgan fingerprint density at radius 3 is 2.76 bits per heavy atom. The zero-order chi connectivity index (χ0) is 24.0. The molecule has 1 amide bonds. The van der Waals surface area contributed by atoms with E-state index in [-0.39, 0.29) is 29.8 Å². The van der Waals surface area contributed by atoms with E-state index < -0.39 is 0 Å². The van der Waals surface area contributed by atoms with Crippen LogP contribution in [0.5, 0.6) is 0 Å². The molecule has 3 heterocycles. The first-order valence-corrected chi connectivity index (χ1v) is 12.6. The van der Waals surface area contributed by atoms with E-state index in [0.29, 0.717) is 54.9 Å². The van der Waals surface area contributed by atoms with E-state index in [0.717, 1.165) is 23.7 Å². The summed E-state index contributed by atoms with van der Waals surface area (Å²) in [5.41, 5.74) is 1.40. The van der Waals surface area contributed by atoms with Gasteiger partial charge in [0, 0.05) is 19.7 Å². The summed E-state index contributed by atoms with van der Waals surface area (Å²) in [5, 5.41) is 4.15. The van der Waals surface area contributed by atoms with Crippen molar-refractivity contribution in [2.45, 2.75) is 65.5 Å². The number of aromatic amines is 1. The molecule has 0 spiro atoms. The van der Waals surface area contributed by atoms with Crippen molar-refractivity contribution in [2.75, 3.05) is 31.2 Å². The number of hydrogen-bond donors (Lipinski definition) is 2. The van der Waals surface area contributed by atoms with Gasteiger partial charge < -0.3 is 24.7 Å². The van der Waals surface area contributed by atoms with Gasteiger partial charge in [0.15, 0.2) is 16.1 Å². The van der Waals surface area contributed by atoms with Crippen molar-refractivity contribution < 1.29 is 19.1 Å². The predicted molar refractivity (Wildman–Crippen MR) is 129 cm³/mol. The van der Waals surface area contributed by atoms with Gasteiger partial charge >= 0.3 is 5.97 Å². The van der Waals surface area contributed by atoms with Gasteiger partial charge in [0.2, 0.25) is 0 Å². The van der Waals surface area contributed by atoms with Crippen molar-refractivity contribution in [3.63, 3.8) is 0 Å². The zero-order valence-corrected chi connectivity index (χ0v) is 21.1. The van der Waals surface area contributed by atoms with Gasteiger partial charge in [-0.1, -0.05) is 43.2 Å². The average Bonchev–Trinajstić information content (AvgIpc) is 3.37. The van der Waals surface area contributed by atoms with Crippen LogP contribution in [0.3, 0.4) is 0 Å². The molecule has 11 heteroatoms. The van der Waals surface area contributed by atoms with E-state index in [1.165, 1.54) is 11.3 Å². The molecule has 1 aliphatic heterocycles. The minimum Gasteiger partial charge on any atom is -0.462 e. The lowest BCUT2D eigenvalue weighted by Crippen LogP contribution is -2.55. The number of thiazole rings is 1. The minimum absolute atomic E-state index is 0.176. The number of H-pyrrole nitrogens is 1. The lowest BCUT2D eigenvalue weighted by atomic mass is 10.0. The Hall–Kier alpha value is -2.17. The Morgan fingerprint density at radius 1 is 1.30 bits per heavy atom. The monoisotopic (exact) mass is 497 g/mol. The molecule has 1 saturated heterocycles. The molecule has 0 aromatic carbocycles. The molecular weight excluding hydrogens is 466 g/mol. The highest BCUT2D eigenvalue weighted by atomic mass is 35.5. The number of halogens is 1. The van der Waals surface area contributed by atoms with Gasteiger partial charge in [-0.3, -0.25) is 4.79 Å². The Labute approximate surface area is 203 Å². The molecule has 33 heavy (non-hydrogen) atoms. The number of carbonyl (C=O) groups excluding carboxylic acids is 2. The lowest BCUT2D eigenvalue weighted by molar-refractivity contribution is 0.0187. The molecular formula is C22H32ClN5O4S. The lowest BCUT2D eigenvalue weighted by Gasteiger charge is -2.38. The summed E-state index contributed by atoms with van der Waals surface area (Å²) in [6, 6.07) is -0.176. The van der Waals surface area contributed by atoms with Crippen LogP contribution in [0.2, 0.25) is 5.15 Å². The number of imidazole rings is 1. The first-order chi connectivity index (χ1) is 15.9. The van der Waals surface area contributed by atoms with Gasteiger partial charge in [0.05, 0.1) is 30.1 Å². The molecule has 1 aliphatic rings. The van der Waals surface area contributed by atoms with Crippen molar-refractivity contribution >= 4 is 39.9 Å². The van der Waals surface area contributed by atoms with Crippen molar-refractivity contribution in [3.8, 4) is 0 Å². The number of nitrogens with zero attached hydrogens (tertiary/aromatic N) is 3. The molecule has 182 valence electrons. The Morgan fingerprint density at radius 2 is 2.09 bits per heavy atom. The number of unbranched alkanes of at least 4 members (excludes halogenated alkanes) is 1. The summed E-state index contributed by atoms with van der Waals surface area (Å²) in [6.07, 6.45) is 3.08. The highest BCUT2D eigenvalue weighted by Crippen LogP contribution is 2.30. The summed E-state index contributed by atoms with van der Waals surface area (Å²) in [7, 11) is 0. The quantitative estimate of drug-likeness (QED) is 0.380. The second-order valence-electron chi connectivity index (χ2n) is 7.92. The summed E-state index contributed by atoms with van der Waals surface area (Å²) < 4.78 is 11.3. The smallest absolute Gasteiger partial charge is 0.350 e. The van der Waals surface area contributed by atoms with E-state index in [4.69, 9.17) is 21.1 Å². The number of aromatic nitrogens is 3. The molecule has 2 atom stereocenters. The van der Waals surface area contributed by atoms with Crippen molar-refractivity contribution in [1.82, 2.24) is 20.3 Å². The highest BCUT2D eigenvalue weighted by Gasteiger charge is 2.34. The number of amides is 1. The zero-order valence-electron chi connectivity index (χ0n) is 19.6. The van der Waals surface area contributed by atoms with Gasteiger partial charge in [-0.2, -0.15) is 0 Å². The van der Waals surface area contributed by atoms with Crippen LogP contribution in [-0.2, 0) is 15.9 Å². The fourth-order valence-electron chi connectivity index (χ4n) is 3.67. The molecule has 9 nitrogen and oxygen atoms in total. The fourth-order valence-corrected chi connectivity index (χ4v) is 4.93. The third-order valence-electron chi connectivity index (χ3n) is 5.52. The third-order valence-corrected chi connectivity index (χ3v) is 7.03. The maximum Gasteiger partial charge on any atom is 0.350 e. The van der Waals surface area contributed by atoms with Crippen molar-refractivity contribution in [1.29, 1.82) is 0 Å². The van der Waals surface area contributed by atoms with Gasteiger partial charge in [-0.15, -0.1) is 0 Å². The highest BCUT2D eigenvalue weighted by molar-refractivity contribution is 7.17. The fraction of sp³-hybridized carbons (Fsp3) is 0.636. The number of carbonyl (C=O) groups is 2. The minimum atomic E-state index is -0.347. The Balaban J connectivity index is 1.72. The van der Waals surface area contributed by atoms with Gasteiger partial charge in [-0.25, -0.2) is 14.8 Å². The number of anilines is 1. The van der Waals surface area contributed by atoms with E-state index in [2.05, 4.69) is 32.1 Å². The van der Waals surface area contributed by atoms with Crippen LogP contribution in [0.1, 0.15) is 71.7 Å². The summed E-state index contributed by atoms with van der Waals surface area (Å²) in [5.74, 6) is -0.435. The largest absolute Gasteiger partial charge is 0.462 e. The predicted octanol–water partition coefficient (Wildman–Crippen LogP) is 3.76. The molecule has 2 N–H and O–H groups in total. The summed E-state index contributed by atoms with van der Waals surface area (Å²) in [6.45, 7) is 9.82. The number of nitrogens with one attached hydrogen (secondary N) is 2. The molecule has 0 aliphatic carbocycles. The second-order valence-corrected chi connectivity index (χ2v) is 9.25. The molecule has 2 aromatic rings. The molecule has 0 bridgehead atoms. The van der Waals surface area contributed by atoms with Crippen LogP contribution in [0, 0.1) is 6.92 Å². The molecule has 0 saturated carbocycles. The molecule has 0 unspecified atom stereocenters. The Bertz CT molecular complexity index is 963. The third kappa shape index (κ3) is 6.24. The van der Waals surface area contributed by atoms with Crippen LogP contribution in [-0.4, -0.2) is 65.3 Å². The van der Waals surface area contributed by atoms with Crippen molar-refractivity contribution in [2.24, 2.45) is 0 Å². The average molecular weight is 498 g/mol. The molecule has 2 aromatic heterocycles. The summed E-state index contributed by atoms with van der Waals surface area (Å²) in [4.78, 5) is 39.4. The molecule has 3 rings (SSSR count). The van der Waals surface area contributed by atoms with Crippen LogP contribution in [0.25, 0.3) is 0 Å². The topological polar surface area (TPSA) is 109 Å². The standard InChI is InChI=1S/C22H32ClN5O4S/c1-5-8-11-32-16-12-28(22-24-13(4)17(33-22)21(30)31-7-3)10-9-15(16)26-20(29)19-25-14(6-2)18(23)27-19/h15-16H,5-12H2,1-4H3,(H,25,27)(H,26,29)/t15-,16+/m0/s1. The van der Waals surface area contributed by atoms with Crippen LogP contribution in [0.4, 0.5) is 5.13 Å². The normalized spacial score (nSPS) is 18.4. The first kappa shape index (κ1) is 25.5. The van der Waals surface area contributed by atoms with Gasteiger partial charge in [0.1, 0.15) is 4.88 Å². The van der Waals surface area contributed by atoms with Crippen molar-refractivity contribution in [3.05, 3.63) is 27.2 Å². The molecule has 1 fully saturated rings. The van der Waals surface area contributed by atoms with Crippen LogP contribution in [0.15, 0.2) is 0 Å².